The quantitative estimate of drug-likeness (QED) is 0.679. The third-order valence-electron chi connectivity index (χ3n) is 3.35. The minimum absolute atomic E-state index is 0.0511. The summed E-state index contributed by atoms with van der Waals surface area (Å²) in [6, 6.07) is 14.1. The number of amides is 2. The van der Waals surface area contributed by atoms with Crippen LogP contribution in [0.3, 0.4) is 0 Å². The van der Waals surface area contributed by atoms with Crippen LogP contribution in [0.25, 0.3) is 0 Å². The first-order chi connectivity index (χ1) is 11.6. The molecule has 0 aromatic heterocycles. The van der Waals surface area contributed by atoms with Gasteiger partial charge in [-0.15, -0.1) is 0 Å². The highest BCUT2D eigenvalue weighted by Gasteiger charge is 2.08. The minimum atomic E-state index is -0.236. The van der Waals surface area contributed by atoms with E-state index in [0.29, 0.717) is 30.1 Å². The van der Waals surface area contributed by atoms with E-state index < -0.39 is 0 Å². The van der Waals surface area contributed by atoms with Crippen molar-refractivity contribution in [2.24, 2.45) is 0 Å². The van der Waals surface area contributed by atoms with Gasteiger partial charge in [-0.25, -0.2) is 0 Å². The van der Waals surface area contributed by atoms with Gasteiger partial charge in [0.1, 0.15) is 6.61 Å². The molecule has 6 nitrogen and oxygen atoms in total. The maximum Gasteiger partial charge on any atom is 0.255 e. The first-order valence-electron chi connectivity index (χ1n) is 7.69. The van der Waals surface area contributed by atoms with E-state index in [1.165, 1.54) is 0 Å². The summed E-state index contributed by atoms with van der Waals surface area (Å²) in [6.45, 7) is 2.78. The SMILES string of the molecule is CCOCC(=O)NCc1ccc(C(=O)Nc2ccccc2N)cc1. The molecule has 2 amide bonds. The number of benzene rings is 2. The molecule has 0 heterocycles. The molecule has 0 aliphatic heterocycles. The molecule has 0 aliphatic carbocycles. The van der Waals surface area contributed by atoms with Crippen LogP contribution in [-0.4, -0.2) is 25.0 Å². The van der Waals surface area contributed by atoms with Crippen molar-refractivity contribution < 1.29 is 14.3 Å². The fraction of sp³-hybridized carbons (Fsp3) is 0.222. The van der Waals surface area contributed by atoms with Crippen molar-refractivity contribution in [3.8, 4) is 0 Å². The summed E-state index contributed by atoms with van der Waals surface area (Å²) < 4.78 is 5.03. The summed E-state index contributed by atoms with van der Waals surface area (Å²) in [5.41, 5.74) is 8.32. The molecule has 4 N–H and O–H groups in total. The summed E-state index contributed by atoms with van der Waals surface area (Å²) in [7, 11) is 0. The number of carbonyl (C=O) groups excluding carboxylic acids is 2. The van der Waals surface area contributed by atoms with Gasteiger partial charge in [0.25, 0.3) is 5.91 Å². The molecule has 0 saturated carbocycles. The Morgan fingerprint density at radius 3 is 2.46 bits per heavy atom. The molecule has 2 aromatic rings. The van der Waals surface area contributed by atoms with Crippen LogP contribution in [0.5, 0.6) is 0 Å². The lowest BCUT2D eigenvalue weighted by molar-refractivity contribution is -0.125. The smallest absolute Gasteiger partial charge is 0.255 e. The van der Waals surface area contributed by atoms with Gasteiger partial charge >= 0.3 is 0 Å². The molecule has 0 spiro atoms. The Morgan fingerprint density at radius 1 is 1.08 bits per heavy atom. The summed E-state index contributed by atoms with van der Waals surface area (Å²) in [5, 5.41) is 5.52. The number of nitrogens with one attached hydrogen (secondary N) is 2. The van der Waals surface area contributed by atoms with Gasteiger partial charge in [-0.1, -0.05) is 24.3 Å². The monoisotopic (exact) mass is 327 g/mol. The van der Waals surface area contributed by atoms with E-state index >= 15 is 0 Å². The van der Waals surface area contributed by atoms with E-state index in [2.05, 4.69) is 10.6 Å². The fourth-order valence-corrected chi connectivity index (χ4v) is 2.03. The van der Waals surface area contributed by atoms with Gasteiger partial charge < -0.3 is 21.1 Å². The molecule has 2 rings (SSSR count). The number of carbonyl (C=O) groups is 2. The highest BCUT2D eigenvalue weighted by atomic mass is 16.5. The van der Waals surface area contributed by atoms with E-state index in [1.54, 1.807) is 48.5 Å². The topological polar surface area (TPSA) is 93.4 Å². The Hall–Kier alpha value is -2.86. The molecule has 0 saturated heterocycles. The van der Waals surface area contributed by atoms with Crippen molar-refractivity contribution in [2.75, 3.05) is 24.3 Å². The second-order valence-corrected chi connectivity index (χ2v) is 5.15. The van der Waals surface area contributed by atoms with Crippen molar-refractivity contribution in [2.45, 2.75) is 13.5 Å². The van der Waals surface area contributed by atoms with Crippen LogP contribution in [0.4, 0.5) is 11.4 Å². The van der Waals surface area contributed by atoms with Crippen LogP contribution in [0.2, 0.25) is 0 Å². The van der Waals surface area contributed by atoms with Gasteiger partial charge in [-0.2, -0.15) is 0 Å². The van der Waals surface area contributed by atoms with Gasteiger partial charge in [0.05, 0.1) is 11.4 Å². The Balaban J connectivity index is 1.90. The lowest BCUT2D eigenvalue weighted by Crippen LogP contribution is -2.27. The van der Waals surface area contributed by atoms with Gasteiger partial charge in [0.2, 0.25) is 5.91 Å². The maximum atomic E-state index is 12.2. The zero-order valence-electron chi connectivity index (χ0n) is 13.5. The van der Waals surface area contributed by atoms with Gasteiger partial charge in [-0.3, -0.25) is 9.59 Å². The van der Waals surface area contributed by atoms with Crippen LogP contribution < -0.4 is 16.4 Å². The Bertz CT molecular complexity index is 699. The molecular formula is C18H21N3O3. The second-order valence-electron chi connectivity index (χ2n) is 5.15. The van der Waals surface area contributed by atoms with Crippen molar-refractivity contribution in [1.82, 2.24) is 5.32 Å². The maximum absolute atomic E-state index is 12.2. The third kappa shape index (κ3) is 5.10. The van der Waals surface area contributed by atoms with Crippen molar-refractivity contribution >= 4 is 23.2 Å². The first-order valence-corrected chi connectivity index (χ1v) is 7.69. The number of hydrogen-bond acceptors (Lipinski definition) is 4. The summed E-state index contributed by atoms with van der Waals surface area (Å²) in [4.78, 5) is 23.7. The number of nitrogens with two attached hydrogens (primary N) is 1. The summed E-state index contributed by atoms with van der Waals surface area (Å²) in [6.07, 6.45) is 0. The Labute approximate surface area is 141 Å². The molecule has 126 valence electrons. The predicted molar refractivity (Wildman–Crippen MR) is 93.6 cm³/mol. The van der Waals surface area contributed by atoms with Crippen LogP contribution >= 0.6 is 0 Å². The molecule has 0 unspecified atom stereocenters. The standard InChI is InChI=1S/C18H21N3O3/c1-2-24-12-17(22)20-11-13-7-9-14(10-8-13)18(23)21-16-6-4-3-5-15(16)19/h3-10H,2,11-12,19H2,1H3,(H,20,22)(H,21,23). The van der Waals surface area contributed by atoms with Crippen LogP contribution in [-0.2, 0) is 16.1 Å². The van der Waals surface area contributed by atoms with Crippen molar-refractivity contribution in [1.29, 1.82) is 0 Å². The lowest BCUT2D eigenvalue weighted by Gasteiger charge is -2.09. The van der Waals surface area contributed by atoms with Crippen LogP contribution in [0.1, 0.15) is 22.8 Å². The number of anilines is 2. The van der Waals surface area contributed by atoms with Crippen LogP contribution in [0, 0.1) is 0 Å². The average Bonchev–Trinajstić information content (AvgIpc) is 2.60. The third-order valence-corrected chi connectivity index (χ3v) is 3.35. The zero-order chi connectivity index (χ0) is 17.4. The normalized spacial score (nSPS) is 10.2. The molecule has 0 aliphatic rings. The largest absolute Gasteiger partial charge is 0.397 e. The van der Waals surface area contributed by atoms with E-state index in [1.807, 2.05) is 6.92 Å². The number of nitrogen functional groups attached to an aromatic ring is 1. The molecule has 0 atom stereocenters. The Kier molecular flexibility index (Phi) is 6.33. The van der Waals surface area contributed by atoms with E-state index in [4.69, 9.17) is 10.5 Å². The molecule has 0 radical (unpaired) electrons. The summed E-state index contributed by atoms with van der Waals surface area (Å²) in [5.74, 6) is -0.405. The van der Waals surface area contributed by atoms with Gasteiger partial charge in [0.15, 0.2) is 0 Å². The number of rotatable bonds is 7. The molecule has 0 bridgehead atoms. The van der Waals surface area contributed by atoms with Gasteiger partial charge in [0, 0.05) is 18.7 Å². The number of ether oxygens (including phenoxy) is 1. The van der Waals surface area contributed by atoms with Crippen molar-refractivity contribution in [3.05, 3.63) is 59.7 Å². The molecule has 6 heteroatoms. The zero-order valence-corrected chi connectivity index (χ0v) is 13.5. The lowest BCUT2D eigenvalue weighted by atomic mass is 10.1. The summed E-state index contributed by atoms with van der Waals surface area (Å²) >= 11 is 0. The predicted octanol–water partition coefficient (Wildman–Crippen LogP) is 2.17. The average molecular weight is 327 g/mol. The number of hydrogen-bond donors (Lipinski definition) is 3. The minimum Gasteiger partial charge on any atom is -0.397 e. The van der Waals surface area contributed by atoms with E-state index in [9.17, 15) is 9.59 Å². The molecule has 0 fully saturated rings. The van der Waals surface area contributed by atoms with E-state index in [0.717, 1.165) is 5.56 Å². The highest BCUT2D eigenvalue weighted by Crippen LogP contribution is 2.18. The van der Waals surface area contributed by atoms with Crippen LogP contribution in [0.15, 0.2) is 48.5 Å². The van der Waals surface area contributed by atoms with E-state index in [-0.39, 0.29) is 18.4 Å². The fourth-order valence-electron chi connectivity index (χ4n) is 2.03. The molecular weight excluding hydrogens is 306 g/mol. The molecule has 24 heavy (non-hydrogen) atoms. The Morgan fingerprint density at radius 2 is 1.79 bits per heavy atom. The van der Waals surface area contributed by atoms with Crippen molar-refractivity contribution in [3.63, 3.8) is 0 Å². The second kappa shape index (κ2) is 8.69. The first kappa shape index (κ1) is 17.5. The highest BCUT2D eigenvalue weighted by molar-refractivity contribution is 6.05. The molecule has 2 aromatic carbocycles. The van der Waals surface area contributed by atoms with Gasteiger partial charge in [-0.05, 0) is 36.8 Å². The number of para-hydroxylation sites is 2.